The zero-order valence-electron chi connectivity index (χ0n) is 7.21. The fourth-order valence-electron chi connectivity index (χ4n) is 0.867. The highest BCUT2D eigenvalue weighted by Gasteiger charge is 1.95. The van der Waals surface area contributed by atoms with Crippen molar-refractivity contribution in [2.45, 2.75) is 19.8 Å². The number of unbranched alkanes of at least 4 members (excludes halogenated alkanes) is 1. The van der Waals surface area contributed by atoms with Gasteiger partial charge < -0.3 is 10.4 Å². The van der Waals surface area contributed by atoms with Crippen molar-refractivity contribution < 1.29 is 5.11 Å². The van der Waals surface area contributed by atoms with Crippen LogP contribution in [0, 0.1) is 6.92 Å². The van der Waals surface area contributed by atoms with E-state index >= 15 is 0 Å². The number of hydrogen-bond acceptors (Lipinski definition) is 4. The van der Waals surface area contributed by atoms with Gasteiger partial charge in [0.15, 0.2) is 5.13 Å². The zero-order valence-corrected chi connectivity index (χ0v) is 8.02. The molecule has 0 aliphatic carbocycles. The van der Waals surface area contributed by atoms with Gasteiger partial charge in [0.25, 0.3) is 0 Å². The summed E-state index contributed by atoms with van der Waals surface area (Å²) in [4.78, 5) is 4.25. The predicted octanol–water partition coefficient (Wildman–Crippen LogP) is 1.64. The van der Waals surface area contributed by atoms with Crippen molar-refractivity contribution in [3.8, 4) is 0 Å². The molecule has 0 aliphatic rings. The minimum absolute atomic E-state index is 0.276. The number of hydrogen-bond donors (Lipinski definition) is 2. The van der Waals surface area contributed by atoms with Gasteiger partial charge in [-0.05, 0) is 19.8 Å². The van der Waals surface area contributed by atoms with Crippen LogP contribution in [0.1, 0.15) is 18.5 Å². The van der Waals surface area contributed by atoms with Gasteiger partial charge in [-0.15, -0.1) is 11.3 Å². The fraction of sp³-hybridized carbons (Fsp3) is 0.625. The molecule has 0 fully saturated rings. The summed E-state index contributed by atoms with van der Waals surface area (Å²) < 4.78 is 0. The second-order valence-corrected chi connectivity index (χ2v) is 3.51. The molecule has 0 spiro atoms. The Kier molecular flexibility index (Phi) is 4.04. The van der Waals surface area contributed by atoms with E-state index < -0.39 is 0 Å². The predicted molar refractivity (Wildman–Crippen MR) is 51.7 cm³/mol. The zero-order chi connectivity index (χ0) is 8.81. The first kappa shape index (κ1) is 9.48. The van der Waals surface area contributed by atoms with E-state index in [1.54, 1.807) is 11.3 Å². The maximum absolute atomic E-state index is 8.53. The smallest absolute Gasteiger partial charge is 0.182 e. The highest BCUT2D eigenvalue weighted by molar-refractivity contribution is 7.13. The molecule has 2 N–H and O–H groups in total. The van der Waals surface area contributed by atoms with Crippen LogP contribution < -0.4 is 5.32 Å². The van der Waals surface area contributed by atoms with Crippen LogP contribution in [-0.2, 0) is 0 Å². The lowest BCUT2D eigenvalue weighted by atomic mass is 10.3. The van der Waals surface area contributed by atoms with E-state index in [0.29, 0.717) is 0 Å². The average molecular weight is 186 g/mol. The van der Waals surface area contributed by atoms with Gasteiger partial charge in [-0.3, -0.25) is 0 Å². The van der Waals surface area contributed by atoms with Crippen LogP contribution in [0.3, 0.4) is 0 Å². The van der Waals surface area contributed by atoms with Gasteiger partial charge in [0.05, 0.1) is 5.69 Å². The lowest BCUT2D eigenvalue weighted by Gasteiger charge is -1.99. The lowest BCUT2D eigenvalue weighted by molar-refractivity contribution is 0.286. The summed E-state index contributed by atoms with van der Waals surface area (Å²) in [5.74, 6) is 0. The molecule has 1 aromatic heterocycles. The molecule has 1 heterocycles. The summed E-state index contributed by atoms with van der Waals surface area (Å²) in [6.45, 7) is 3.15. The molecule has 3 nitrogen and oxygen atoms in total. The van der Waals surface area contributed by atoms with E-state index in [1.807, 2.05) is 12.3 Å². The van der Waals surface area contributed by atoms with Crippen molar-refractivity contribution in [1.29, 1.82) is 0 Å². The Morgan fingerprint density at radius 2 is 2.42 bits per heavy atom. The Hall–Kier alpha value is -0.610. The third-order valence-corrected chi connectivity index (χ3v) is 2.40. The molecule has 0 saturated carbocycles. The SMILES string of the molecule is Cc1csc(NCCCCO)n1. The van der Waals surface area contributed by atoms with E-state index in [9.17, 15) is 0 Å². The second kappa shape index (κ2) is 5.11. The maximum Gasteiger partial charge on any atom is 0.182 e. The van der Waals surface area contributed by atoms with Crippen molar-refractivity contribution in [3.63, 3.8) is 0 Å². The molecule has 0 unspecified atom stereocenters. The number of nitrogens with one attached hydrogen (secondary N) is 1. The van der Waals surface area contributed by atoms with Gasteiger partial charge in [0.1, 0.15) is 0 Å². The number of aliphatic hydroxyl groups is 1. The quantitative estimate of drug-likeness (QED) is 0.687. The van der Waals surface area contributed by atoms with Crippen LogP contribution in [0.25, 0.3) is 0 Å². The average Bonchev–Trinajstić information content (AvgIpc) is 2.45. The number of rotatable bonds is 5. The van der Waals surface area contributed by atoms with Crippen molar-refractivity contribution in [2.75, 3.05) is 18.5 Å². The van der Waals surface area contributed by atoms with Gasteiger partial charge >= 0.3 is 0 Å². The van der Waals surface area contributed by atoms with E-state index in [-0.39, 0.29) is 6.61 Å². The van der Waals surface area contributed by atoms with Crippen LogP contribution in [0.2, 0.25) is 0 Å². The number of nitrogens with zero attached hydrogens (tertiary/aromatic N) is 1. The normalized spacial score (nSPS) is 10.2. The standard InChI is InChI=1S/C8H14N2OS/c1-7-6-12-8(10-7)9-4-2-3-5-11/h6,11H,2-5H2,1H3,(H,9,10). The second-order valence-electron chi connectivity index (χ2n) is 2.65. The Labute approximate surface area is 76.5 Å². The molecule has 0 saturated heterocycles. The van der Waals surface area contributed by atoms with Crippen LogP contribution >= 0.6 is 11.3 Å². The molecular weight excluding hydrogens is 172 g/mol. The first-order valence-electron chi connectivity index (χ1n) is 4.10. The number of aryl methyl sites for hydroxylation is 1. The molecule has 0 atom stereocenters. The van der Waals surface area contributed by atoms with Crippen molar-refractivity contribution in [1.82, 2.24) is 4.98 Å². The summed E-state index contributed by atoms with van der Waals surface area (Å²) in [6.07, 6.45) is 1.85. The number of anilines is 1. The molecule has 0 aromatic carbocycles. The summed E-state index contributed by atoms with van der Waals surface area (Å²) >= 11 is 1.62. The van der Waals surface area contributed by atoms with Gasteiger partial charge in [0.2, 0.25) is 0 Å². The van der Waals surface area contributed by atoms with Crippen molar-refractivity contribution >= 4 is 16.5 Å². The Morgan fingerprint density at radius 3 is 3.00 bits per heavy atom. The minimum atomic E-state index is 0.276. The third kappa shape index (κ3) is 3.19. The van der Waals surface area contributed by atoms with Crippen LogP contribution in [0.4, 0.5) is 5.13 Å². The van der Waals surface area contributed by atoms with Gasteiger partial charge in [-0.25, -0.2) is 4.98 Å². The summed E-state index contributed by atoms with van der Waals surface area (Å²) in [5.41, 5.74) is 1.06. The molecular formula is C8H14N2OS. The summed E-state index contributed by atoms with van der Waals surface area (Å²) in [6, 6.07) is 0. The number of aliphatic hydroxyl groups excluding tert-OH is 1. The Balaban J connectivity index is 2.15. The molecule has 68 valence electrons. The lowest BCUT2D eigenvalue weighted by Crippen LogP contribution is -2.01. The molecule has 1 rings (SSSR count). The molecule has 4 heteroatoms. The molecule has 0 amide bonds. The molecule has 12 heavy (non-hydrogen) atoms. The molecule has 0 radical (unpaired) electrons. The first-order valence-corrected chi connectivity index (χ1v) is 4.98. The van der Waals surface area contributed by atoms with E-state index in [1.165, 1.54) is 0 Å². The number of aromatic nitrogens is 1. The largest absolute Gasteiger partial charge is 0.396 e. The van der Waals surface area contributed by atoms with Crippen LogP contribution in [-0.4, -0.2) is 23.2 Å². The minimum Gasteiger partial charge on any atom is -0.396 e. The number of thiazole rings is 1. The molecule has 1 aromatic rings. The highest BCUT2D eigenvalue weighted by Crippen LogP contribution is 2.13. The maximum atomic E-state index is 8.53. The van der Waals surface area contributed by atoms with E-state index in [0.717, 1.165) is 30.2 Å². The van der Waals surface area contributed by atoms with Crippen molar-refractivity contribution in [2.24, 2.45) is 0 Å². The fourth-order valence-corrected chi connectivity index (χ4v) is 1.58. The van der Waals surface area contributed by atoms with E-state index in [4.69, 9.17) is 5.11 Å². The van der Waals surface area contributed by atoms with Gasteiger partial charge in [-0.2, -0.15) is 0 Å². The Morgan fingerprint density at radius 1 is 1.58 bits per heavy atom. The Bertz CT molecular complexity index is 225. The molecule has 0 bridgehead atoms. The van der Waals surface area contributed by atoms with Gasteiger partial charge in [0, 0.05) is 18.5 Å². The van der Waals surface area contributed by atoms with Crippen LogP contribution in [0.15, 0.2) is 5.38 Å². The highest BCUT2D eigenvalue weighted by atomic mass is 32.1. The van der Waals surface area contributed by atoms with Crippen LogP contribution in [0.5, 0.6) is 0 Å². The van der Waals surface area contributed by atoms with Gasteiger partial charge in [-0.1, -0.05) is 0 Å². The molecule has 0 aliphatic heterocycles. The summed E-state index contributed by atoms with van der Waals surface area (Å²) in [7, 11) is 0. The summed E-state index contributed by atoms with van der Waals surface area (Å²) in [5, 5.41) is 14.7. The monoisotopic (exact) mass is 186 g/mol. The third-order valence-electron chi connectivity index (χ3n) is 1.48. The van der Waals surface area contributed by atoms with Crippen molar-refractivity contribution in [3.05, 3.63) is 11.1 Å². The topological polar surface area (TPSA) is 45.1 Å². The first-order chi connectivity index (χ1) is 5.83. The van der Waals surface area contributed by atoms with E-state index in [2.05, 4.69) is 10.3 Å².